The van der Waals surface area contributed by atoms with Crippen molar-refractivity contribution in [3.05, 3.63) is 78.1 Å². The van der Waals surface area contributed by atoms with Crippen molar-refractivity contribution in [1.29, 1.82) is 0 Å². The number of hydrogen-bond donors (Lipinski definition) is 1. The second-order valence-electron chi connectivity index (χ2n) is 8.18. The lowest BCUT2D eigenvalue weighted by atomic mass is 9.62. The zero-order chi connectivity index (χ0) is 23.0. The lowest BCUT2D eigenvalue weighted by Gasteiger charge is -2.55. The van der Waals surface area contributed by atoms with Crippen LogP contribution in [0.2, 0.25) is 0 Å². The van der Waals surface area contributed by atoms with E-state index in [4.69, 9.17) is 4.74 Å². The van der Waals surface area contributed by atoms with Crippen molar-refractivity contribution in [2.45, 2.75) is 18.9 Å². The number of hydrogen-bond acceptors (Lipinski definition) is 6. The number of alkyl halides is 3. The van der Waals surface area contributed by atoms with E-state index in [1.54, 1.807) is 12.1 Å². The number of likely N-dealkylation sites (tertiary alicyclic amines) is 1. The summed E-state index contributed by atoms with van der Waals surface area (Å²) in [5.41, 5.74) is -1.32. The third-order valence-electron chi connectivity index (χ3n) is 5.62. The van der Waals surface area contributed by atoms with Crippen molar-refractivity contribution in [3.8, 4) is 17.5 Å². The molecule has 1 unspecified atom stereocenters. The molecule has 168 valence electrons. The molecule has 1 aromatic heterocycles. The topological polar surface area (TPSA) is 67.7 Å². The highest BCUT2D eigenvalue weighted by Gasteiger charge is 2.55. The number of rotatable bonds is 6. The SMILES string of the molecule is CN1CC(C)(C(O)(c2ccc(OC(F)(F)F)cc2)c2cnc(Oc3ccccc3)nc2)C1. The molecule has 0 radical (unpaired) electrons. The van der Waals surface area contributed by atoms with Crippen molar-refractivity contribution in [2.75, 3.05) is 20.1 Å². The van der Waals surface area contributed by atoms with Gasteiger partial charge < -0.3 is 19.5 Å². The fourth-order valence-electron chi connectivity index (χ4n) is 4.29. The molecule has 3 aromatic rings. The van der Waals surface area contributed by atoms with Crippen LogP contribution in [-0.4, -0.2) is 46.5 Å². The largest absolute Gasteiger partial charge is 0.573 e. The first-order chi connectivity index (χ1) is 15.1. The highest BCUT2D eigenvalue weighted by atomic mass is 19.4. The molecule has 1 aliphatic heterocycles. The standard InChI is InChI=1S/C23H22F3N3O3/c1-21(14-29(2)15-21)22(30,16-8-10-19(11-9-16)32-23(24,25)26)17-12-27-20(28-13-17)31-18-6-4-3-5-7-18/h3-13,30H,14-15H2,1-2H3. The van der Waals surface area contributed by atoms with E-state index in [1.807, 2.05) is 37.1 Å². The van der Waals surface area contributed by atoms with E-state index in [-0.39, 0.29) is 11.8 Å². The maximum absolute atomic E-state index is 12.5. The van der Waals surface area contributed by atoms with Crippen LogP contribution in [0.5, 0.6) is 17.5 Å². The highest BCUT2D eigenvalue weighted by molar-refractivity contribution is 5.41. The first-order valence-electron chi connectivity index (χ1n) is 9.92. The molecule has 0 saturated carbocycles. The Morgan fingerprint density at radius 3 is 2.03 bits per heavy atom. The average Bonchev–Trinajstić information content (AvgIpc) is 2.73. The van der Waals surface area contributed by atoms with E-state index in [0.29, 0.717) is 30.0 Å². The Balaban J connectivity index is 1.66. The molecule has 0 bridgehead atoms. The molecule has 1 N–H and O–H groups in total. The molecule has 0 aliphatic carbocycles. The Hall–Kier alpha value is -3.17. The van der Waals surface area contributed by atoms with Gasteiger partial charge in [-0.15, -0.1) is 13.2 Å². The number of aromatic nitrogens is 2. The minimum Gasteiger partial charge on any atom is -0.424 e. The number of nitrogens with zero attached hydrogens (tertiary/aromatic N) is 3. The lowest BCUT2D eigenvalue weighted by molar-refractivity contribution is -0.274. The number of para-hydroxylation sites is 1. The minimum atomic E-state index is -4.79. The van der Waals surface area contributed by atoms with Gasteiger partial charge in [0, 0.05) is 36.5 Å². The van der Waals surface area contributed by atoms with Crippen LogP contribution in [0.25, 0.3) is 0 Å². The molecular formula is C23H22F3N3O3. The lowest BCUT2D eigenvalue weighted by Crippen LogP contribution is -2.63. The van der Waals surface area contributed by atoms with Gasteiger partial charge >= 0.3 is 12.4 Å². The van der Waals surface area contributed by atoms with Crippen LogP contribution in [0.4, 0.5) is 13.2 Å². The summed E-state index contributed by atoms with van der Waals surface area (Å²) in [6.45, 7) is 3.07. The van der Waals surface area contributed by atoms with Crippen LogP contribution in [0.3, 0.4) is 0 Å². The molecule has 1 atom stereocenters. The van der Waals surface area contributed by atoms with Crippen molar-refractivity contribution in [3.63, 3.8) is 0 Å². The maximum Gasteiger partial charge on any atom is 0.573 e. The molecule has 0 amide bonds. The Morgan fingerprint density at radius 2 is 1.50 bits per heavy atom. The van der Waals surface area contributed by atoms with E-state index >= 15 is 0 Å². The monoisotopic (exact) mass is 445 g/mol. The van der Waals surface area contributed by atoms with Gasteiger partial charge in [0.25, 0.3) is 0 Å². The number of aliphatic hydroxyl groups is 1. The van der Waals surface area contributed by atoms with Gasteiger partial charge in [0.1, 0.15) is 17.1 Å². The summed E-state index contributed by atoms with van der Waals surface area (Å²) in [6.07, 6.45) is -1.83. The van der Waals surface area contributed by atoms with Crippen LogP contribution >= 0.6 is 0 Å². The van der Waals surface area contributed by atoms with Crippen molar-refractivity contribution in [2.24, 2.45) is 5.41 Å². The molecule has 1 saturated heterocycles. The zero-order valence-corrected chi connectivity index (χ0v) is 17.5. The molecule has 6 nitrogen and oxygen atoms in total. The Morgan fingerprint density at radius 1 is 0.906 bits per heavy atom. The minimum absolute atomic E-state index is 0.118. The number of halogens is 3. The normalized spacial score (nSPS) is 17.8. The third kappa shape index (κ3) is 4.26. The Labute approximate surface area is 183 Å². The van der Waals surface area contributed by atoms with Gasteiger partial charge in [-0.2, -0.15) is 0 Å². The van der Waals surface area contributed by atoms with Crippen LogP contribution < -0.4 is 9.47 Å². The Bertz CT molecular complexity index is 1050. The average molecular weight is 445 g/mol. The first-order valence-corrected chi connectivity index (χ1v) is 9.92. The van der Waals surface area contributed by atoms with Gasteiger partial charge in [-0.3, -0.25) is 0 Å². The van der Waals surface area contributed by atoms with Crippen molar-refractivity contribution >= 4 is 0 Å². The van der Waals surface area contributed by atoms with Crippen LogP contribution in [0, 0.1) is 5.41 Å². The van der Waals surface area contributed by atoms with Crippen molar-refractivity contribution in [1.82, 2.24) is 14.9 Å². The van der Waals surface area contributed by atoms with Gasteiger partial charge in [-0.05, 0) is 36.9 Å². The van der Waals surface area contributed by atoms with E-state index in [1.165, 1.54) is 36.7 Å². The second-order valence-corrected chi connectivity index (χ2v) is 8.18. The maximum atomic E-state index is 12.5. The molecule has 4 rings (SSSR count). The van der Waals surface area contributed by atoms with Gasteiger partial charge in [-0.25, -0.2) is 9.97 Å². The van der Waals surface area contributed by atoms with Gasteiger partial charge in [-0.1, -0.05) is 37.3 Å². The van der Waals surface area contributed by atoms with Gasteiger partial charge in [0.05, 0.1) is 0 Å². The smallest absolute Gasteiger partial charge is 0.424 e. The number of benzene rings is 2. The molecule has 2 aromatic carbocycles. The predicted molar refractivity (Wildman–Crippen MR) is 110 cm³/mol. The van der Waals surface area contributed by atoms with E-state index in [9.17, 15) is 18.3 Å². The van der Waals surface area contributed by atoms with Gasteiger partial charge in [0.15, 0.2) is 0 Å². The molecule has 0 spiro atoms. The van der Waals surface area contributed by atoms with Gasteiger partial charge in [0.2, 0.25) is 0 Å². The summed E-state index contributed by atoms with van der Waals surface area (Å²) in [6, 6.07) is 14.4. The highest BCUT2D eigenvalue weighted by Crippen LogP contribution is 2.50. The van der Waals surface area contributed by atoms with E-state index in [0.717, 1.165) is 0 Å². The van der Waals surface area contributed by atoms with Crippen molar-refractivity contribution < 1.29 is 27.8 Å². The summed E-state index contributed by atoms with van der Waals surface area (Å²) >= 11 is 0. The second kappa shape index (κ2) is 8.07. The zero-order valence-electron chi connectivity index (χ0n) is 17.5. The summed E-state index contributed by atoms with van der Waals surface area (Å²) in [5, 5.41) is 11.9. The van der Waals surface area contributed by atoms with Crippen LogP contribution in [-0.2, 0) is 5.60 Å². The first kappa shape index (κ1) is 22.0. The van der Waals surface area contributed by atoms with E-state index in [2.05, 4.69) is 14.7 Å². The fourth-order valence-corrected chi connectivity index (χ4v) is 4.29. The quantitative estimate of drug-likeness (QED) is 0.608. The third-order valence-corrected chi connectivity index (χ3v) is 5.62. The summed E-state index contributed by atoms with van der Waals surface area (Å²) in [4.78, 5) is 10.5. The predicted octanol–water partition coefficient (Wildman–Crippen LogP) is 4.36. The van der Waals surface area contributed by atoms with E-state index < -0.39 is 17.4 Å². The summed E-state index contributed by atoms with van der Waals surface area (Å²) < 4.78 is 47.2. The summed E-state index contributed by atoms with van der Waals surface area (Å²) in [5.74, 6) is 0.214. The molecule has 9 heteroatoms. The Kier molecular flexibility index (Phi) is 5.56. The fraction of sp³-hybridized carbons (Fsp3) is 0.304. The molecule has 1 aliphatic rings. The van der Waals surface area contributed by atoms with Crippen LogP contribution in [0.15, 0.2) is 67.0 Å². The molecule has 2 heterocycles. The van der Waals surface area contributed by atoms with Crippen LogP contribution in [0.1, 0.15) is 18.1 Å². The molecular weight excluding hydrogens is 423 g/mol. The molecule has 32 heavy (non-hydrogen) atoms. The molecule has 1 fully saturated rings. The summed E-state index contributed by atoms with van der Waals surface area (Å²) in [7, 11) is 1.93. The number of ether oxygens (including phenoxy) is 2.